The van der Waals surface area contributed by atoms with Gasteiger partial charge in [-0.1, -0.05) is 11.8 Å². The summed E-state index contributed by atoms with van der Waals surface area (Å²) in [6.07, 6.45) is 0.495. The minimum atomic E-state index is -3.03. The van der Waals surface area contributed by atoms with Crippen LogP contribution in [0.3, 0.4) is 0 Å². The monoisotopic (exact) mass is 411 g/mol. The van der Waals surface area contributed by atoms with Crippen LogP contribution in [0.25, 0.3) is 11.5 Å². The number of rotatable bonds is 7. The van der Waals surface area contributed by atoms with Crippen molar-refractivity contribution in [2.24, 2.45) is 0 Å². The first-order chi connectivity index (χ1) is 12.9. The van der Waals surface area contributed by atoms with Gasteiger partial charge >= 0.3 is 0 Å². The molecule has 2 aromatic rings. The zero-order valence-electron chi connectivity index (χ0n) is 15.1. The highest BCUT2D eigenvalue weighted by Gasteiger charge is 2.33. The number of ether oxygens (including phenoxy) is 1. The van der Waals surface area contributed by atoms with Crippen LogP contribution in [0.5, 0.6) is 5.75 Å². The lowest BCUT2D eigenvalue weighted by Gasteiger charge is -2.26. The fourth-order valence-corrected chi connectivity index (χ4v) is 5.36. The standard InChI is InChI=1S/C17H21N3O5S2/c1-3-20(13-8-9-27(22,23)11-13)15(21)10-26-17-19-18-16(25-17)12-4-6-14(24-2)7-5-12/h4-7,13H,3,8-11H2,1-2H3/t13-/m1/s1. The van der Waals surface area contributed by atoms with Crippen molar-refractivity contribution in [1.29, 1.82) is 0 Å². The number of sulfone groups is 1. The molecule has 0 unspecified atom stereocenters. The number of aromatic nitrogens is 2. The summed E-state index contributed by atoms with van der Waals surface area (Å²) in [5.74, 6) is 1.26. The van der Waals surface area contributed by atoms with E-state index in [1.807, 2.05) is 19.1 Å². The number of thioether (sulfide) groups is 1. The number of carbonyl (C=O) groups is 1. The van der Waals surface area contributed by atoms with E-state index in [2.05, 4.69) is 10.2 Å². The van der Waals surface area contributed by atoms with E-state index < -0.39 is 9.84 Å². The Labute approximate surface area is 162 Å². The average Bonchev–Trinajstić information content (AvgIpc) is 3.27. The minimum Gasteiger partial charge on any atom is -0.497 e. The molecule has 0 bridgehead atoms. The molecule has 10 heteroatoms. The van der Waals surface area contributed by atoms with Crippen molar-refractivity contribution in [3.05, 3.63) is 24.3 Å². The molecule has 1 aliphatic heterocycles. The zero-order valence-corrected chi connectivity index (χ0v) is 16.8. The van der Waals surface area contributed by atoms with E-state index in [0.717, 1.165) is 23.1 Å². The lowest BCUT2D eigenvalue weighted by atomic mass is 10.2. The Balaban J connectivity index is 1.59. The molecule has 0 aliphatic carbocycles. The van der Waals surface area contributed by atoms with Gasteiger partial charge in [0.2, 0.25) is 11.8 Å². The number of hydrogen-bond acceptors (Lipinski definition) is 8. The van der Waals surface area contributed by atoms with Crippen LogP contribution < -0.4 is 4.74 Å². The smallest absolute Gasteiger partial charge is 0.277 e. The van der Waals surface area contributed by atoms with Gasteiger partial charge in [-0.15, -0.1) is 10.2 Å². The number of hydrogen-bond donors (Lipinski definition) is 0. The van der Waals surface area contributed by atoms with Crippen molar-refractivity contribution in [2.45, 2.75) is 24.6 Å². The van der Waals surface area contributed by atoms with Crippen LogP contribution in [0.1, 0.15) is 13.3 Å². The summed E-state index contributed by atoms with van der Waals surface area (Å²) in [4.78, 5) is 14.1. The van der Waals surface area contributed by atoms with E-state index in [1.165, 1.54) is 0 Å². The first kappa shape index (κ1) is 19.7. The number of amides is 1. The molecular formula is C17H21N3O5S2. The van der Waals surface area contributed by atoms with E-state index >= 15 is 0 Å². The molecule has 27 heavy (non-hydrogen) atoms. The Morgan fingerprint density at radius 3 is 2.67 bits per heavy atom. The quantitative estimate of drug-likeness (QED) is 0.636. The molecule has 3 rings (SSSR count). The molecule has 146 valence electrons. The third kappa shape index (κ3) is 4.81. The predicted molar refractivity (Wildman–Crippen MR) is 101 cm³/mol. The molecule has 1 atom stereocenters. The molecule has 8 nitrogen and oxygen atoms in total. The fourth-order valence-electron chi connectivity index (χ4n) is 2.98. The third-order valence-electron chi connectivity index (χ3n) is 4.37. The van der Waals surface area contributed by atoms with Gasteiger partial charge in [0.05, 0.1) is 24.4 Å². The van der Waals surface area contributed by atoms with E-state index in [1.54, 1.807) is 24.1 Å². The Kier molecular flexibility index (Phi) is 6.05. The second-order valence-electron chi connectivity index (χ2n) is 6.13. The van der Waals surface area contributed by atoms with Gasteiger partial charge in [0.1, 0.15) is 5.75 Å². The molecule has 1 aromatic carbocycles. The highest BCUT2D eigenvalue weighted by molar-refractivity contribution is 7.99. The normalized spacial score (nSPS) is 18.4. The molecule has 1 aliphatic rings. The number of methoxy groups -OCH3 is 1. The van der Waals surface area contributed by atoms with Crippen LogP contribution in [-0.2, 0) is 14.6 Å². The van der Waals surface area contributed by atoms with E-state index in [-0.39, 0.29) is 29.2 Å². The Hall–Kier alpha value is -2.07. The molecule has 1 aromatic heterocycles. The van der Waals surface area contributed by atoms with Crippen molar-refractivity contribution in [1.82, 2.24) is 15.1 Å². The van der Waals surface area contributed by atoms with Crippen molar-refractivity contribution in [2.75, 3.05) is 30.9 Å². The third-order valence-corrected chi connectivity index (χ3v) is 6.93. The van der Waals surface area contributed by atoms with Crippen molar-refractivity contribution < 1.29 is 22.4 Å². The van der Waals surface area contributed by atoms with Gasteiger partial charge < -0.3 is 14.1 Å². The van der Waals surface area contributed by atoms with E-state index in [4.69, 9.17) is 9.15 Å². The number of carbonyl (C=O) groups excluding carboxylic acids is 1. The first-order valence-corrected chi connectivity index (χ1v) is 11.3. The summed E-state index contributed by atoms with van der Waals surface area (Å²) in [7, 11) is -1.44. The number of benzene rings is 1. The predicted octanol–water partition coefficient (Wildman–Crippen LogP) is 1.87. The lowest BCUT2D eigenvalue weighted by Crippen LogP contribution is -2.41. The Morgan fingerprint density at radius 2 is 2.07 bits per heavy atom. The van der Waals surface area contributed by atoms with Gasteiger partial charge in [-0.2, -0.15) is 0 Å². The Morgan fingerprint density at radius 1 is 1.33 bits per heavy atom. The van der Waals surface area contributed by atoms with Crippen LogP contribution in [0.2, 0.25) is 0 Å². The second kappa shape index (κ2) is 8.30. The minimum absolute atomic E-state index is 0.0411. The van der Waals surface area contributed by atoms with Gasteiger partial charge in [-0.3, -0.25) is 4.79 Å². The Bertz CT molecular complexity index is 896. The van der Waals surface area contributed by atoms with Crippen LogP contribution in [0.4, 0.5) is 0 Å². The van der Waals surface area contributed by atoms with Crippen LogP contribution >= 0.6 is 11.8 Å². The van der Waals surface area contributed by atoms with Gasteiger partial charge in [-0.05, 0) is 37.6 Å². The molecule has 0 radical (unpaired) electrons. The molecular weight excluding hydrogens is 390 g/mol. The summed E-state index contributed by atoms with van der Waals surface area (Å²) in [5, 5.41) is 8.26. The van der Waals surface area contributed by atoms with Crippen molar-refractivity contribution in [3.63, 3.8) is 0 Å². The highest BCUT2D eigenvalue weighted by atomic mass is 32.2. The zero-order chi connectivity index (χ0) is 19.4. The molecule has 0 spiro atoms. The van der Waals surface area contributed by atoms with Gasteiger partial charge in [0.25, 0.3) is 5.22 Å². The van der Waals surface area contributed by atoms with Crippen LogP contribution in [0.15, 0.2) is 33.9 Å². The average molecular weight is 412 g/mol. The maximum Gasteiger partial charge on any atom is 0.277 e. The van der Waals surface area contributed by atoms with Gasteiger partial charge in [0.15, 0.2) is 9.84 Å². The lowest BCUT2D eigenvalue weighted by molar-refractivity contribution is -0.129. The summed E-state index contributed by atoms with van der Waals surface area (Å²) in [6.45, 7) is 2.32. The summed E-state index contributed by atoms with van der Waals surface area (Å²) in [6, 6.07) is 6.97. The highest BCUT2D eigenvalue weighted by Crippen LogP contribution is 2.26. The largest absolute Gasteiger partial charge is 0.497 e. The van der Waals surface area contributed by atoms with E-state index in [0.29, 0.717) is 24.1 Å². The van der Waals surface area contributed by atoms with Crippen molar-refractivity contribution >= 4 is 27.5 Å². The maximum absolute atomic E-state index is 12.5. The summed E-state index contributed by atoms with van der Waals surface area (Å²) < 4.78 is 34.0. The first-order valence-electron chi connectivity index (χ1n) is 8.52. The SMILES string of the molecule is CCN(C(=O)CSc1nnc(-c2ccc(OC)cc2)o1)[C@@H]1CCS(=O)(=O)C1. The molecule has 1 fully saturated rings. The summed E-state index contributed by atoms with van der Waals surface area (Å²) in [5.41, 5.74) is 0.757. The second-order valence-corrected chi connectivity index (χ2v) is 9.28. The number of nitrogens with zero attached hydrogens (tertiary/aromatic N) is 3. The molecule has 1 amide bonds. The van der Waals surface area contributed by atoms with E-state index in [9.17, 15) is 13.2 Å². The van der Waals surface area contributed by atoms with Gasteiger partial charge in [0, 0.05) is 18.2 Å². The van der Waals surface area contributed by atoms with Crippen molar-refractivity contribution in [3.8, 4) is 17.2 Å². The fraction of sp³-hybridized carbons (Fsp3) is 0.471. The molecule has 0 N–H and O–H groups in total. The van der Waals surface area contributed by atoms with Gasteiger partial charge in [-0.25, -0.2) is 8.42 Å². The van der Waals surface area contributed by atoms with Crippen LogP contribution in [-0.4, -0.2) is 66.4 Å². The topological polar surface area (TPSA) is 103 Å². The molecule has 0 saturated carbocycles. The molecule has 2 heterocycles. The molecule has 1 saturated heterocycles. The summed E-state index contributed by atoms with van der Waals surface area (Å²) >= 11 is 1.15. The van der Waals surface area contributed by atoms with Crippen LogP contribution in [0, 0.1) is 0 Å². The maximum atomic E-state index is 12.5.